The molecule has 1 aliphatic carbocycles. The average Bonchev–Trinajstić information content (AvgIpc) is 2.38. The zero-order chi connectivity index (χ0) is 13.9. The number of aliphatic hydroxyl groups is 1. The molecule has 5 heteroatoms. The summed E-state index contributed by atoms with van der Waals surface area (Å²) in [5.41, 5.74) is -1.53. The van der Waals surface area contributed by atoms with Crippen LogP contribution in [-0.2, 0) is 11.3 Å². The van der Waals surface area contributed by atoms with E-state index in [1.165, 1.54) is 0 Å². The molecule has 106 valence electrons. The van der Waals surface area contributed by atoms with Crippen molar-refractivity contribution in [2.24, 2.45) is 0 Å². The third-order valence-corrected chi connectivity index (χ3v) is 3.62. The van der Waals surface area contributed by atoms with Gasteiger partial charge in [-0.1, -0.05) is 30.3 Å². The monoisotopic (exact) mass is 274 g/mol. The van der Waals surface area contributed by atoms with Crippen molar-refractivity contribution in [2.75, 3.05) is 0 Å². The van der Waals surface area contributed by atoms with Crippen LogP contribution < -0.4 is 0 Å². The maximum atomic E-state index is 12.6. The number of halogens is 3. The molecule has 0 radical (unpaired) electrons. The van der Waals surface area contributed by atoms with E-state index in [0.29, 0.717) is 6.61 Å². The molecule has 1 fully saturated rings. The first-order valence-corrected chi connectivity index (χ1v) is 6.35. The number of ether oxygens (including phenoxy) is 1. The maximum Gasteiger partial charge on any atom is 0.417 e. The molecule has 1 saturated carbocycles. The van der Waals surface area contributed by atoms with E-state index in [1.807, 2.05) is 30.3 Å². The van der Waals surface area contributed by atoms with Crippen LogP contribution in [0, 0.1) is 0 Å². The smallest absolute Gasteiger partial charge is 0.380 e. The van der Waals surface area contributed by atoms with Crippen molar-refractivity contribution in [3.8, 4) is 0 Å². The Balaban J connectivity index is 1.81. The first-order valence-electron chi connectivity index (χ1n) is 6.35. The van der Waals surface area contributed by atoms with E-state index in [0.717, 1.165) is 5.56 Å². The molecule has 0 saturated heterocycles. The molecule has 0 amide bonds. The molecule has 1 N–H and O–H groups in total. The van der Waals surface area contributed by atoms with Crippen molar-refractivity contribution in [1.29, 1.82) is 0 Å². The van der Waals surface area contributed by atoms with E-state index in [9.17, 15) is 18.3 Å². The summed E-state index contributed by atoms with van der Waals surface area (Å²) in [6.45, 7) is 0.399. The molecule has 19 heavy (non-hydrogen) atoms. The van der Waals surface area contributed by atoms with Gasteiger partial charge in [-0.25, -0.2) is 0 Å². The van der Waals surface area contributed by atoms with Gasteiger partial charge in [0.1, 0.15) is 0 Å². The summed E-state index contributed by atoms with van der Waals surface area (Å²) in [4.78, 5) is 0. The summed E-state index contributed by atoms with van der Waals surface area (Å²) in [5, 5.41) is 9.53. The van der Waals surface area contributed by atoms with Crippen LogP contribution in [0.15, 0.2) is 30.3 Å². The van der Waals surface area contributed by atoms with Gasteiger partial charge in [0.2, 0.25) is 0 Å². The summed E-state index contributed by atoms with van der Waals surface area (Å²) in [7, 11) is 0. The zero-order valence-corrected chi connectivity index (χ0v) is 10.5. The lowest BCUT2D eigenvalue weighted by atomic mass is 9.83. The summed E-state index contributed by atoms with van der Waals surface area (Å²) >= 11 is 0. The summed E-state index contributed by atoms with van der Waals surface area (Å²) in [5.74, 6) is 0. The van der Waals surface area contributed by atoms with Gasteiger partial charge in [-0.2, -0.15) is 13.2 Å². The van der Waals surface area contributed by atoms with E-state index in [2.05, 4.69) is 0 Å². The van der Waals surface area contributed by atoms with Crippen molar-refractivity contribution in [2.45, 2.75) is 50.2 Å². The molecule has 0 heterocycles. The highest BCUT2D eigenvalue weighted by atomic mass is 19.4. The Kier molecular flexibility index (Phi) is 4.16. The molecule has 0 spiro atoms. The van der Waals surface area contributed by atoms with Crippen molar-refractivity contribution < 1.29 is 23.0 Å². The van der Waals surface area contributed by atoms with Crippen molar-refractivity contribution in [3.05, 3.63) is 35.9 Å². The highest BCUT2D eigenvalue weighted by Crippen LogP contribution is 2.42. The van der Waals surface area contributed by atoms with Gasteiger partial charge in [-0.15, -0.1) is 0 Å². The number of benzene rings is 1. The molecular weight excluding hydrogens is 257 g/mol. The predicted octanol–water partition coefficient (Wildman–Crippen LogP) is 3.44. The van der Waals surface area contributed by atoms with Crippen LogP contribution in [-0.4, -0.2) is 23.0 Å². The van der Waals surface area contributed by atoms with Crippen LogP contribution in [0.5, 0.6) is 0 Å². The molecule has 0 aromatic heterocycles. The lowest BCUT2D eigenvalue weighted by molar-refractivity contribution is -0.274. The summed E-state index contributed by atoms with van der Waals surface area (Å²) in [6.07, 6.45) is -4.84. The molecule has 1 aromatic rings. The minimum Gasteiger partial charge on any atom is -0.380 e. The highest BCUT2D eigenvalue weighted by molar-refractivity contribution is 5.13. The molecule has 2 rings (SSSR count). The molecule has 1 aromatic carbocycles. The van der Waals surface area contributed by atoms with E-state index in [1.54, 1.807) is 0 Å². The lowest BCUT2D eigenvalue weighted by Gasteiger charge is -2.37. The van der Waals surface area contributed by atoms with Crippen LogP contribution in [0.4, 0.5) is 13.2 Å². The Morgan fingerprint density at radius 3 is 2.26 bits per heavy atom. The van der Waals surface area contributed by atoms with Crippen LogP contribution in [0.3, 0.4) is 0 Å². The van der Waals surface area contributed by atoms with Gasteiger partial charge >= 0.3 is 6.18 Å². The Labute approximate surface area is 110 Å². The van der Waals surface area contributed by atoms with Gasteiger partial charge < -0.3 is 9.84 Å². The predicted molar refractivity (Wildman–Crippen MR) is 64.5 cm³/mol. The van der Waals surface area contributed by atoms with Crippen LogP contribution in [0.2, 0.25) is 0 Å². The number of alkyl halides is 3. The minimum atomic E-state index is -4.54. The molecule has 0 bridgehead atoms. The van der Waals surface area contributed by atoms with Gasteiger partial charge in [0.25, 0.3) is 0 Å². The average molecular weight is 274 g/mol. The second-order valence-corrected chi connectivity index (χ2v) is 5.03. The summed E-state index contributed by atoms with van der Waals surface area (Å²) < 4.78 is 43.4. The largest absolute Gasteiger partial charge is 0.417 e. The molecule has 0 aliphatic heterocycles. The second-order valence-electron chi connectivity index (χ2n) is 5.03. The van der Waals surface area contributed by atoms with Crippen LogP contribution in [0.1, 0.15) is 31.2 Å². The van der Waals surface area contributed by atoms with Gasteiger partial charge in [0, 0.05) is 0 Å². The maximum absolute atomic E-state index is 12.6. The highest BCUT2D eigenvalue weighted by Gasteiger charge is 2.54. The fourth-order valence-corrected chi connectivity index (χ4v) is 2.31. The van der Waals surface area contributed by atoms with Crippen LogP contribution in [0.25, 0.3) is 0 Å². The van der Waals surface area contributed by atoms with E-state index in [-0.39, 0.29) is 31.8 Å². The molecule has 2 nitrogen and oxygen atoms in total. The molecular formula is C14H17F3O2. The molecule has 1 aliphatic rings. The number of hydrogen-bond donors (Lipinski definition) is 1. The first kappa shape index (κ1) is 14.3. The third-order valence-electron chi connectivity index (χ3n) is 3.62. The standard InChI is InChI=1S/C14H17F3O2/c15-14(16,17)13(18)8-6-12(7-9-13)19-10-11-4-2-1-3-5-11/h1-5,12,18H,6-10H2. The van der Waals surface area contributed by atoms with E-state index >= 15 is 0 Å². The molecule has 0 atom stereocenters. The third kappa shape index (κ3) is 3.48. The normalized spacial score (nSPS) is 28.3. The van der Waals surface area contributed by atoms with Crippen molar-refractivity contribution >= 4 is 0 Å². The van der Waals surface area contributed by atoms with Gasteiger partial charge in [-0.3, -0.25) is 0 Å². The second kappa shape index (κ2) is 5.51. The van der Waals surface area contributed by atoms with Crippen molar-refractivity contribution in [1.82, 2.24) is 0 Å². The van der Waals surface area contributed by atoms with Gasteiger partial charge in [0.05, 0.1) is 12.7 Å². The Morgan fingerprint density at radius 1 is 1.16 bits per heavy atom. The molecule has 0 unspecified atom stereocenters. The fourth-order valence-electron chi connectivity index (χ4n) is 2.31. The lowest BCUT2D eigenvalue weighted by Crippen LogP contribution is -2.48. The number of hydrogen-bond acceptors (Lipinski definition) is 2. The Bertz CT molecular complexity index is 395. The van der Waals surface area contributed by atoms with E-state index < -0.39 is 11.8 Å². The van der Waals surface area contributed by atoms with E-state index in [4.69, 9.17) is 4.74 Å². The van der Waals surface area contributed by atoms with Gasteiger partial charge in [0.15, 0.2) is 5.60 Å². The van der Waals surface area contributed by atoms with Gasteiger partial charge in [-0.05, 0) is 31.2 Å². The van der Waals surface area contributed by atoms with Crippen LogP contribution >= 0.6 is 0 Å². The number of rotatable bonds is 3. The minimum absolute atomic E-state index is 0.206. The van der Waals surface area contributed by atoms with Crippen molar-refractivity contribution in [3.63, 3.8) is 0 Å². The summed E-state index contributed by atoms with van der Waals surface area (Å²) in [6, 6.07) is 9.50. The SMILES string of the molecule is OC1(C(F)(F)F)CCC(OCc2ccccc2)CC1. The fraction of sp³-hybridized carbons (Fsp3) is 0.571. The Morgan fingerprint density at radius 2 is 1.74 bits per heavy atom. The Hall–Kier alpha value is -1.07. The first-order chi connectivity index (χ1) is 8.91. The zero-order valence-electron chi connectivity index (χ0n) is 10.5. The quantitative estimate of drug-likeness (QED) is 0.915. The topological polar surface area (TPSA) is 29.5 Å².